The molecule has 0 aliphatic carbocycles. The molecule has 0 spiro atoms. The Hall–Kier alpha value is -1.99. The molecular formula is C24H32N4O2. The Morgan fingerprint density at radius 1 is 1.10 bits per heavy atom. The maximum absolute atomic E-state index is 10.9. The van der Waals surface area contributed by atoms with Crippen molar-refractivity contribution in [2.75, 3.05) is 44.7 Å². The fourth-order valence-electron chi connectivity index (χ4n) is 4.93. The summed E-state index contributed by atoms with van der Waals surface area (Å²) in [6.07, 6.45) is 3.83. The molecule has 2 aromatic rings. The number of aliphatic hydroxyl groups is 1. The van der Waals surface area contributed by atoms with Crippen molar-refractivity contribution in [2.24, 2.45) is 0 Å². The number of nitrogens with zero attached hydrogens (tertiary/aromatic N) is 4. The Balaban J connectivity index is 1.27. The van der Waals surface area contributed by atoms with E-state index >= 15 is 0 Å². The van der Waals surface area contributed by atoms with E-state index in [0.29, 0.717) is 6.10 Å². The SMILES string of the molecule is CCN1CCc2ccc(CN3Cc4cc(N5CC(OC)C5)ncc4C3O)cc2CC1. The van der Waals surface area contributed by atoms with Crippen molar-refractivity contribution in [1.82, 2.24) is 14.8 Å². The fraction of sp³-hybridized carbons (Fsp3) is 0.542. The molecule has 6 nitrogen and oxygen atoms in total. The van der Waals surface area contributed by atoms with Gasteiger partial charge in [0.15, 0.2) is 0 Å². The van der Waals surface area contributed by atoms with Crippen LogP contribution in [-0.4, -0.2) is 65.8 Å². The van der Waals surface area contributed by atoms with Gasteiger partial charge in [-0.05, 0) is 47.7 Å². The third-order valence-corrected chi connectivity index (χ3v) is 7.01. The second-order valence-corrected chi connectivity index (χ2v) is 8.82. The molecule has 3 aliphatic rings. The Kier molecular flexibility index (Phi) is 5.50. The summed E-state index contributed by atoms with van der Waals surface area (Å²) in [5, 5.41) is 10.9. The van der Waals surface area contributed by atoms with E-state index in [1.807, 2.05) is 6.20 Å². The fourth-order valence-corrected chi connectivity index (χ4v) is 4.93. The van der Waals surface area contributed by atoms with E-state index in [1.54, 1.807) is 7.11 Å². The van der Waals surface area contributed by atoms with Crippen LogP contribution in [0.25, 0.3) is 0 Å². The first-order chi connectivity index (χ1) is 14.6. The van der Waals surface area contributed by atoms with Gasteiger partial charge in [-0.3, -0.25) is 4.90 Å². The first kappa shape index (κ1) is 19.9. The molecule has 6 heteroatoms. The molecule has 1 atom stereocenters. The van der Waals surface area contributed by atoms with Gasteiger partial charge in [0.1, 0.15) is 12.0 Å². The van der Waals surface area contributed by atoms with Crippen LogP contribution in [0.4, 0.5) is 5.82 Å². The van der Waals surface area contributed by atoms with E-state index in [0.717, 1.165) is 70.0 Å². The summed E-state index contributed by atoms with van der Waals surface area (Å²) in [5.74, 6) is 0.988. The van der Waals surface area contributed by atoms with Crippen LogP contribution in [0.5, 0.6) is 0 Å². The van der Waals surface area contributed by atoms with E-state index in [4.69, 9.17) is 4.74 Å². The van der Waals surface area contributed by atoms with Crippen molar-refractivity contribution in [2.45, 2.75) is 45.2 Å². The maximum atomic E-state index is 10.9. The first-order valence-corrected chi connectivity index (χ1v) is 11.2. The Labute approximate surface area is 179 Å². The van der Waals surface area contributed by atoms with Crippen molar-refractivity contribution in [3.8, 4) is 0 Å². The summed E-state index contributed by atoms with van der Waals surface area (Å²) < 4.78 is 5.37. The quantitative estimate of drug-likeness (QED) is 0.820. The number of aliphatic hydroxyl groups excluding tert-OH is 1. The monoisotopic (exact) mass is 408 g/mol. The molecule has 1 N–H and O–H groups in total. The number of likely N-dealkylation sites (N-methyl/N-ethyl adjacent to an activating group) is 1. The first-order valence-electron chi connectivity index (χ1n) is 11.2. The largest absolute Gasteiger partial charge is 0.378 e. The van der Waals surface area contributed by atoms with Gasteiger partial charge in [-0.25, -0.2) is 4.98 Å². The molecular weight excluding hydrogens is 376 g/mol. The van der Waals surface area contributed by atoms with Gasteiger partial charge in [0.2, 0.25) is 0 Å². The van der Waals surface area contributed by atoms with Gasteiger partial charge < -0.3 is 19.6 Å². The second kappa shape index (κ2) is 8.27. The van der Waals surface area contributed by atoms with Crippen LogP contribution >= 0.6 is 0 Å². The minimum atomic E-state index is -0.584. The highest BCUT2D eigenvalue weighted by Gasteiger charge is 2.32. The molecule has 160 valence electrons. The number of aromatic nitrogens is 1. The Morgan fingerprint density at radius 3 is 2.67 bits per heavy atom. The van der Waals surface area contributed by atoms with Crippen LogP contribution in [0.3, 0.4) is 0 Å². The number of fused-ring (bicyclic) bond motifs is 2. The van der Waals surface area contributed by atoms with Crippen molar-refractivity contribution < 1.29 is 9.84 Å². The smallest absolute Gasteiger partial charge is 0.135 e. The van der Waals surface area contributed by atoms with Gasteiger partial charge >= 0.3 is 0 Å². The zero-order chi connectivity index (χ0) is 20.7. The topological polar surface area (TPSA) is 52.1 Å². The van der Waals surface area contributed by atoms with Crippen molar-refractivity contribution in [3.05, 3.63) is 58.3 Å². The molecule has 0 bridgehead atoms. The minimum Gasteiger partial charge on any atom is -0.378 e. The van der Waals surface area contributed by atoms with Crippen LogP contribution in [0, 0.1) is 0 Å². The van der Waals surface area contributed by atoms with Crippen LogP contribution in [0.2, 0.25) is 0 Å². The molecule has 0 saturated carbocycles. The molecule has 4 heterocycles. The number of rotatable bonds is 5. The Morgan fingerprint density at radius 2 is 1.90 bits per heavy atom. The number of benzene rings is 1. The number of hydrogen-bond donors (Lipinski definition) is 1. The van der Waals surface area contributed by atoms with Gasteiger partial charge in [-0.1, -0.05) is 25.1 Å². The zero-order valence-corrected chi connectivity index (χ0v) is 18.0. The van der Waals surface area contributed by atoms with Crippen molar-refractivity contribution in [3.63, 3.8) is 0 Å². The van der Waals surface area contributed by atoms with Crippen LogP contribution in [-0.2, 0) is 30.7 Å². The lowest BCUT2D eigenvalue weighted by atomic mass is 10.00. The number of ether oxygens (including phenoxy) is 1. The molecule has 1 aromatic carbocycles. The summed E-state index contributed by atoms with van der Waals surface area (Å²) in [4.78, 5) is 11.5. The summed E-state index contributed by atoms with van der Waals surface area (Å²) in [7, 11) is 1.76. The predicted molar refractivity (Wildman–Crippen MR) is 117 cm³/mol. The number of methoxy groups -OCH3 is 1. The summed E-state index contributed by atoms with van der Waals surface area (Å²) in [6, 6.07) is 9.04. The number of pyridine rings is 1. The van der Waals surface area contributed by atoms with Gasteiger partial charge in [-0.2, -0.15) is 0 Å². The highest BCUT2D eigenvalue weighted by Crippen LogP contribution is 2.35. The van der Waals surface area contributed by atoms with Crippen LogP contribution < -0.4 is 4.90 Å². The molecule has 0 amide bonds. The highest BCUT2D eigenvalue weighted by molar-refractivity contribution is 5.48. The van der Waals surface area contributed by atoms with E-state index in [2.05, 4.69) is 50.9 Å². The molecule has 3 aliphatic heterocycles. The molecule has 5 rings (SSSR count). The van der Waals surface area contributed by atoms with Gasteiger partial charge in [-0.15, -0.1) is 0 Å². The Bertz CT molecular complexity index is 912. The lowest BCUT2D eigenvalue weighted by molar-refractivity contribution is 0.00753. The minimum absolute atomic E-state index is 0.305. The lowest BCUT2D eigenvalue weighted by Gasteiger charge is -2.39. The molecule has 1 aromatic heterocycles. The van der Waals surface area contributed by atoms with Crippen molar-refractivity contribution in [1.29, 1.82) is 0 Å². The predicted octanol–water partition coefficient (Wildman–Crippen LogP) is 2.34. The van der Waals surface area contributed by atoms with E-state index in [9.17, 15) is 5.11 Å². The van der Waals surface area contributed by atoms with Crippen molar-refractivity contribution >= 4 is 5.82 Å². The molecule has 30 heavy (non-hydrogen) atoms. The van der Waals surface area contributed by atoms with E-state index in [-0.39, 0.29) is 0 Å². The van der Waals surface area contributed by atoms with Crippen LogP contribution in [0.1, 0.15) is 41.0 Å². The second-order valence-electron chi connectivity index (χ2n) is 8.82. The zero-order valence-electron chi connectivity index (χ0n) is 18.0. The molecule has 1 fully saturated rings. The lowest BCUT2D eigenvalue weighted by Crippen LogP contribution is -2.52. The molecule has 0 radical (unpaired) electrons. The average Bonchev–Trinajstić information content (AvgIpc) is 2.90. The summed E-state index contributed by atoms with van der Waals surface area (Å²) >= 11 is 0. The van der Waals surface area contributed by atoms with Crippen LogP contribution in [0.15, 0.2) is 30.5 Å². The standard InChI is InChI=1S/C24H32N4O2/c1-3-26-8-6-18-5-4-17(10-19(18)7-9-26)13-28-14-20-11-23(25-12-22(20)24(28)29)27-15-21(16-27)30-2/h4-5,10-12,21,24,29H,3,6-9,13-16H2,1-2H3. The van der Waals surface area contributed by atoms with Gasteiger partial charge in [0.05, 0.1) is 6.10 Å². The molecule has 1 saturated heterocycles. The van der Waals surface area contributed by atoms with Gasteiger partial charge in [0, 0.05) is 58.1 Å². The summed E-state index contributed by atoms with van der Waals surface area (Å²) in [6.45, 7) is 8.95. The average molecular weight is 409 g/mol. The summed E-state index contributed by atoms with van der Waals surface area (Å²) in [5.41, 5.74) is 6.36. The molecule has 1 unspecified atom stereocenters. The van der Waals surface area contributed by atoms with E-state index < -0.39 is 6.23 Å². The highest BCUT2D eigenvalue weighted by atomic mass is 16.5. The third-order valence-electron chi connectivity index (χ3n) is 7.01. The van der Waals surface area contributed by atoms with Gasteiger partial charge in [0.25, 0.3) is 0 Å². The number of hydrogen-bond acceptors (Lipinski definition) is 6. The normalized spacial score (nSPS) is 22.5. The third kappa shape index (κ3) is 3.73. The van der Waals surface area contributed by atoms with E-state index in [1.165, 1.54) is 22.3 Å². The maximum Gasteiger partial charge on any atom is 0.135 e. The number of anilines is 1.